The molecule has 0 unspecified atom stereocenters. The van der Waals surface area contributed by atoms with Gasteiger partial charge in [-0.25, -0.2) is 0 Å². The summed E-state index contributed by atoms with van der Waals surface area (Å²) in [4.78, 5) is 26.5. The predicted octanol–water partition coefficient (Wildman–Crippen LogP) is 5.78. The van der Waals surface area contributed by atoms with Gasteiger partial charge in [0.1, 0.15) is 0 Å². The minimum atomic E-state index is 0.751. The standard InChI is InChI=1S/C24H21N3OS2/c28-18-24-12-10-22(30-24)8-7-21-9-11-23(29-21)17-27(15-19-5-1-3-13-25-19)16-20-6-2-4-14-26-20/h1-14,18H,15-17H2/b8-7+. The Hall–Kier alpha value is -2.93. The van der Waals surface area contributed by atoms with E-state index in [1.54, 1.807) is 11.3 Å². The molecule has 4 aromatic rings. The molecule has 0 aliphatic rings. The van der Waals surface area contributed by atoms with Crippen LogP contribution in [0.2, 0.25) is 0 Å². The van der Waals surface area contributed by atoms with Gasteiger partial charge in [-0.3, -0.25) is 19.7 Å². The fourth-order valence-electron chi connectivity index (χ4n) is 3.08. The van der Waals surface area contributed by atoms with Crippen LogP contribution in [-0.4, -0.2) is 21.2 Å². The summed E-state index contributed by atoms with van der Waals surface area (Å²) < 4.78 is 0. The molecule has 30 heavy (non-hydrogen) atoms. The quantitative estimate of drug-likeness (QED) is 0.315. The molecule has 0 saturated heterocycles. The van der Waals surface area contributed by atoms with Crippen molar-refractivity contribution in [3.05, 3.63) is 104 Å². The van der Waals surface area contributed by atoms with E-state index in [1.807, 2.05) is 48.8 Å². The zero-order valence-electron chi connectivity index (χ0n) is 16.3. The van der Waals surface area contributed by atoms with Gasteiger partial charge in [0.05, 0.1) is 16.3 Å². The highest BCUT2D eigenvalue weighted by molar-refractivity contribution is 7.14. The molecule has 4 nitrogen and oxygen atoms in total. The molecule has 4 aromatic heterocycles. The molecule has 0 amide bonds. The maximum atomic E-state index is 10.8. The number of carbonyl (C=O) groups is 1. The van der Waals surface area contributed by atoms with E-state index < -0.39 is 0 Å². The van der Waals surface area contributed by atoms with Gasteiger partial charge in [0.15, 0.2) is 6.29 Å². The Morgan fingerprint density at radius 2 is 1.30 bits per heavy atom. The highest BCUT2D eigenvalue weighted by Gasteiger charge is 2.11. The smallest absolute Gasteiger partial charge is 0.160 e. The molecule has 0 N–H and O–H groups in total. The van der Waals surface area contributed by atoms with Crippen LogP contribution in [0, 0.1) is 0 Å². The predicted molar refractivity (Wildman–Crippen MR) is 124 cm³/mol. The van der Waals surface area contributed by atoms with Crippen molar-refractivity contribution in [3.63, 3.8) is 0 Å². The first kappa shape index (κ1) is 20.3. The summed E-state index contributed by atoms with van der Waals surface area (Å²) in [6.45, 7) is 2.37. The van der Waals surface area contributed by atoms with Crippen molar-refractivity contribution >= 4 is 41.1 Å². The lowest BCUT2D eigenvalue weighted by Gasteiger charge is -2.21. The lowest BCUT2D eigenvalue weighted by molar-refractivity contribution is 0.112. The first-order chi connectivity index (χ1) is 14.8. The number of pyridine rings is 2. The van der Waals surface area contributed by atoms with Crippen LogP contribution in [0.3, 0.4) is 0 Å². The minimum Gasteiger partial charge on any atom is -0.297 e. The number of carbonyl (C=O) groups excluding carboxylic acids is 1. The molecule has 4 heterocycles. The lowest BCUT2D eigenvalue weighted by atomic mass is 10.2. The van der Waals surface area contributed by atoms with E-state index in [4.69, 9.17) is 0 Å². The van der Waals surface area contributed by atoms with E-state index in [2.05, 4.69) is 51.3 Å². The van der Waals surface area contributed by atoms with Crippen LogP contribution in [0.15, 0.2) is 73.1 Å². The van der Waals surface area contributed by atoms with E-state index in [-0.39, 0.29) is 0 Å². The van der Waals surface area contributed by atoms with Crippen molar-refractivity contribution < 1.29 is 4.79 Å². The fraction of sp³-hybridized carbons (Fsp3) is 0.125. The van der Waals surface area contributed by atoms with Crippen LogP contribution in [0.4, 0.5) is 0 Å². The van der Waals surface area contributed by atoms with Crippen molar-refractivity contribution in [3.8, 4) is 0 Å². The number of aromatic nitrogens is 2. The number of thiophene rings is 2. The third-order valence-electron chi connectivity index (χ3n) is 4.46. The van der Waals surface area contributed by atoms with Crippen LogP contribution >= 0.6 is 22.7 Å². The molecule has 150 valence electrons. The summed E-state index contributed by atoms with van der Waals surface area (Å²) in [5.74, 6) is 0. The van der Waals surface area contributed by atoms with Gasteiger partial charge in [0, 0.05) is 46.7 Å². The lowest BCUT2D eigenvalue weighted by Crippen LogP contribution is -2.23. The van der Waals surface area contributed by atoms with Gasteiger partial charge in [-0.05, 0) is 60.7 Å². The molecule has 0 bridgehead atoms. The topological polar surface area (TPSA) is 46.1 Å². The minimum absolute atomic E-state index is 0.751. The van der Waals surface area contributed by atoms with Crippen molar-refractivity contribution in [2.75, 3.05) is 0 Å². The second-order valence-corrected chi connectivity index (χ2v) is 9.13. The summed E-state index contributed by atoms with van der Waals surface area (Å²) in [5.41, 5.74) is 2.10. The summed E-state index contributed by atoms with van der Waals surface area (Å²) in [5, 5.41) is 0. The average Bonchev–Trinajstić information content (AvgIpc) is 3.43. The molecule has 0 aromatic carbocycles. The fourth-order valence-corrected chi connectivity index (χ4v) is 4.77. The van der Waals surface area contributed by atoms with Crippen molar-refractivity contribution in [1.82, 2.24) is 14.9 Å². The molecule has 0 radical (unpaired) electrons. The number of rotatable bonds is 9. The molecule has 0 aliphatic carbocycles. The third-order valence-corrected chi connectivity index (χ3v) is 6.47. The second kappa shape index (κ2) is 10.2. The van der Waals surface area contributed by atoms with E-state index in [0.29, 0.717) is 0 Å². The average molecular weight is 432 g/mol. The summed E-state index contributed by atoms with van der Waals surface area (Å²) >= 11 is 3.28. The van der Waals surface area contributed by atoms with Crippen molar-refractivity contribution in [2.24, 2.45) is 0 Å². The summed E-state index contributed by atoms with van der Waals surface area (Å²) in [7, 11) is 0. The van der Waals surface area contributed by atoms with Crippen molar-refractivity contribution in [1.29, 1.82) is 0 Å². The first-order valence-corrected chi connectivity index (χ1v) is 11.3. The zero-order valence-corrected chi connectivity index (χ0v) is 18.0. The molecule has 0 saturated carbocycles. The van der Waals surface area contributed by atoms with Gasteiger partial charge >= 0.3 is 0 Å². The van der Waals surface area contributed by atoms with Crippen LogP contribution < -0.4 is 0 Å². The Bertz CT molecular complexity index is 1060. The van der Waals surface area contributed by atoms with Crippen LogP contribution in [0.5, 0.6) is 0 Å². The Labute approximate surface area is 184 Å². The molecular weight excluding hydrogens is 410 g/mol. The molecule has 0 spiro atoms. The molecule has 4 rings (SSSR count). The normalized spacial score (nSPS) is 11.4. The van der Waals surface area contributed by atoms with Crippen LogP contribution in [0.25, 0.3) is 12.2 Å². The Morgan fingerprint density at radius 1 is 0.700 bits per heavy atom. The van der Waals surface area contributed by atoms with Gasteiger partial charge in [0.25, 0.3) is 0 Å². The van der Waals surface area contributed by atoms with Gasteiger partial charge in [-0.1, -0.05) is 12.1 Å². The molecule has 6 heteroatoms. The van der Waals surface area contributed by atoms with E-state index >= 15 is 0 Å². The second-order valence-electron chi connectivity index (χ2n) is 6.78. The maximum absolute atomic E-state index is 10.8. The molecule has 0 aliphatic heterocycles. The highest BCUT2D eigenvalue weighted by atomic mass is 32.1. The van der Waals surface area contributed by atoms with Gasteiger partial charge in [-0.2, -0.15) is 0 Å². The maximum Gasteiger partial charge on any atom is 0.160 e. The number of aldehydes is 1. The monoisotopic (exact) mass is 431 g/mol. The van der Waals surface area contributed by atoms with E-state index in [0.717, 1.165) is 47.1 Å². The molecule has 0 atom stereocenters. The van der Waals surface area contributed by atoms with Crippen LogP contribution in [-0.2, 0) is 19.6 Å². The Morgan fingerprint density at radius 3 is 1.87 bits per heavy atom. The first-order valence-electron chi connectivity index (χ1n) is 9.62. The number of hydrogen-bond acceptors (Lipinski definition) is 6. The SMILES string of the molecule is O=Cc1ccc(/C=C/c2ccc(CN(Cc3ccccn3)Cc3ccccn3)s2)s1. The van der Waals surface area contributed by atoms with Crippen LogP contribution in [0.1, 0.15) is 35.7 Å². The molecule has 0 fully saturated rings. The number of nitrogens with zero attached hydrogens (tertiary/aromatic N) is 3. The summed E-state index contributed by atoms with van der Waals surface area (Å²) in [6, 6.07) is 20.2. The third kappa shape index (κ3) is 5.79. The Kier molecular flexibility index (Phi) is 6.92. The zero-order chi connectivity index (χ0) is 20.6. The summed E-state index contributed by atoms with van der Waals surface area (Å²) in [6.07, 6.45) is 8.73. The highest BCUT2D eigenvalue weighted by Crippen LogP contribution is 2.24. The van der Waals surface area contributed by atoms with Gasteiger partial charge in [-0.15, -0.1) is 22.7 Å². The van der Waals surface area contributed by atoms with Crippen molar-refractivity contribution in [2.45, 2.75) is 19.6 Å². The van der Waals surface area contributed by atoms with Gasteiger partial charge in [0.2, 0.25) is 0 Å². The van der Waals surface area contributed by atoms with E-state index in [1.165, 1.54) is 21.1 Å². The largest absolute Gasteiger partial charge is 0.297 e. The Balaban J connectivity index is 1.46. The number of hydrogen-bond donors (Lipinski definition) is 0. The van der Waals surface area contributed by atoms with Gasteiger partial charge < -0.3 is 0 Å². The molecular formula is C24H21N3OS2. The van der Waals surface area contributed by atoms with E-state index in [9.17, 15) is 4.79 Å².